The molecule has 0 bridgehead atoms. The van der Waals surface area contributed by atoms with Crippen molar-refractivity contribution < 1.29 is 8.78 Å². The van der Waals surface area contributed by atoms with E-state index >= 15 is 0 Å². The molecular weight excluding hydrogens is 312 g/mol. The highest BCUT2D eigenvalue weighted by Gasteiger charge is 2.02. The number of nitrogens with zero attached hydrogens (tertiary/aromatic N) is 2. The molecule has 2 rings (SSSR count). The van der Waals surface area contributed by atoms with E-state index < -0.39 is 11.6 Å². The van der Waals surface area contributed by atoms with Gasteiger partial charge in [-0.1, -0.05) is 11.3 Å². The first kappa shape index (κ1) is 12.4. The number of hydrogen-bond donors (Lipinski definition) is 1. The molecule has 0 unspecified atom stereocenters. The molecule has 3 nitrogen and oxygen atoms in total. The Labute approximate surface area is 109 Å². The Balaban J connectivity index is 1.89. The van der Waals surface area contributed by atoms with Crippen molar-refractivity contribution in [2.24, 2.45) is 0 Å². The predicted octanol–water partition coefficient (Wildman–Crippen LogP) is 3.23. The van der Waals surface area contributed by atoms with E-state index in [0.717, 1.165) is 6.07 Å². The Bertz CT molecular complexity index is 498. The van der Waals surface area contributed by atoms with Crippen LogP contribution in [0.25, 0.3) is 0 Å². The Morgan fingerprint density at radius 3 is 2.47 bits per heavy atom. The molecule has 1 N–H and O–H groups in total. The summed E-state index contributed by atoms with van der Waals surface area (Å²) in [6.07, 6.45) is 0.520. The van der Waals surface area contributed by atoms with E-state index in [0.29, 0.717) is 27.6 Å². The zero-order valence-electron chi connectivity index (χ0n) is 8.58. The normalized spacial score (nSPS) is 10.5. The molecule has 90 valence electrons. The number of hydrogen-bond acceptors (Lipinski definition) is 4. The molecule has 0 aliphatic rings. The van der Waals surface area contributed by atoms with Gasteiger partial charge in [-0.3, -0.25) is 0 Å². The van der Waals surface area contributed by atoms with Crippen LogP contribution in [0.1, 0.15) is 5.56 Å². The SMILES string of the molecule is Fc1cc(F)cc(CCNc2nnc(Br)s2)c1. The maximum atomic E-state index is 12.9. The summed E-state index contributed by atoms with van der Waals surface area (Å²) in [6.45, 7) is 0.546. The molecule has 0 aliphatic carbocycles. The molecular formula is C10H8BrF2N3S. The van der Waals surface area contributed by atoms with Crippen LogP contribution in [0.2, 0.25) is 0 Å². The first-order valence-corrected chi connectivity index (χ1v) is 6.42. The average Bonchev–Trinajstić information content (AvgIpc) is 2.63. The number of halogens is 3. The minimum Gasteiger partial charge on any atom is -0.360 e. The second-order valence-corrected chi connectivity index (χ2v) is 5.57. The minimum absolute atomic E-state index is 0.520. The van der Waals surface area contributed by atoms with E-state index in [9.17, 15) is 8.78 Å². The zero-order valence-corrected chi connectivity index (χ0v) is 11.0. The molecule has 0 radical (unpaired) electrons. The molecule has 0 saturated carbocycles. The molecule has 1 aromatic heterocycles. The molecule has 2 aromatic rings. The third-order valence-electron chi connectivity index (χ3n) is 2.01. The van der Waals surface area contributed by atoms with Gasteiger partial charge in [0.15, 0.2) is 3.92 Å². The summed E-state index contributed by atoms with van der Waals surface area (Å²) in [6, 6.07) is 3.50. The fourth-order valence-electron chi connectivity index (χ4n) is 1.35. The number of benzene rings is 1. The van der Waals surface area contributed by atoms with Crippen LogP contribution >= 0.6 is 27.3 Å². The Hall–Kier alpha value is -1.08. The van der Waals surface area contributed by atoms with Crippen molar-refractivity contribution in [1.29, 1.82) is 0 Å². The number of rotatable bonds is 4. The lowest BCUT2D eigenvalue weighted by Crippen LogP contribution is -2.05. The van der Waals surface area contributed by atoms with Gasteiger partial charge < -0.3 is 5.32 Å². The standard InChI is InChI=1S/C10H8BrF2N3S/c11-9-15-16-10(17-9)14-2-1-6-3-7(12)5-8(13)4-6/h3-5H,1-2H2,(H,14,16). The third-order valence-corrected chi connectivity index (χ3v) is 3.33. The van der Waals surface area contributed by atoms with Crippen LogP contribution in [0.15, 0.2) is 22.1 Å². The number of aromatic nitrogens is 2. The van der Waals surface area contributed by atoms with Crippen molar-refractivity contribution in [2.45, 2.75) is 6.42 Å². The van der Waals surface area contributed by atoms with Gasteiger partial charge in [-0.15, -0.1) is 10.2 Å². The van der Waals surface area contributed by atoms with Gasteiger partial charge in [0.25, 0.3) is 0 Å². The molecule has 7 heteroatoms. The quantitative estimate of drug-likeness (QED) is 0.940. The van der Waals surface area contributed by atoms with Crippen molar-refractivity contribution in [3.8, 4) is 0 Å². The van der Waals surface area contributed by atoms with Crippen molar-refractivity contribution >= 4 is 32.4 Å². The van der Waals surface area contributed by atoms with Gasteiger partial charge >= 0.3 is 0 Å². The van der Waals surface area contributed by atoms with Crippen LogP contribution in [-0.4, -0.2) is 16.7 Å². The highest BCUT2D eigenvalue weighted by Crippen LogP contribution is 2.19. The molecule has 0 aliphatic heterocycles. The van der Waals surface area contributed by atoms with Crippen LogP contribution in [0.3, 0.4) is 0 Å². The maximum Gasteiger partial charge on any atom is 0.206 e. The summed E-state index contributed by atoms with van der Waals surface area (Å²) in [5, 5.41) is 11.3. The molecule has 0 atom stereocenters. The molecule has 0 saturated heterocycles. The van der Waals surface area contributed by atoms with Crippen LogP contribution in [0.5, 0.6) is 0 Å². The Kier molecular flexibility index (Phi) is 4.01. The summed E-state index contributed by atoms with van der Waals surface area (Å²) in [7, 11) is 0. The van der Waals surface area contributed by atoms with Gasteiger partial charge in [-0.2, -0.15) is 0 Å². The van der Waals surface area contributed by atoms with Crippen LogP contribution < -0.4 is 5.32 Å². The summed E-state index contributed by atoms with van der Waals surface area (Å²) in [5.41, 5.74) is 0.610. The average molecular weight is 320 g/mol. The third kappa shape index (κ3) is 3.71. The second-order valence-electron chi connectivity index (χ2n) is 3.31. The van der Waals surface area contributed by atoms with Gasteiger partial charge in [0.05, 0.1) is 0 Å². The minimum atomic E-state index is -0.557. The van der Waals surface area contributed by atoms with E-state index in [4.69, 9.17) is 0 Å². The number of nitrogens with one attached hydrogen (secondary N) is 1. The second kappa shape index (κ2) is 5.50. The van der Waals surface area contributed by atoms with E-state index in [1.165, 1.54) is 23.5 Å². The van der Waals surface area contributed by atoms with Crippen LogP contribution in [0, 0.1) is 11.6 Å². The highest BCUT2D eigenvalue weighted by atomic mass is 79.9. The molecule has 17 heavy (non-hydrogen) atoms. The van der Waals surface area contributed by atoms with Gasteiger partial charge in [-0.25, -0.2) is 8.78 Å². The number of anilines is 1. The van der Waals surface area contributed by atoms with Gasteiger partial charge in [0, 0.05) is 12.6 Å². The fourth-order valence-corrected chi connectivity index (χ4v) is 2.38. The van der Waals surface area contributed by atoms with Crippen molar-refractivity contribution in [3.63, 3.8) is 0 Å². The van der Waals surface area contributed by atoms with E-state index in [1.807, 2.05) is 0 Å². The molecule has 0 amide bonds. The predicted molar refractivity (Wildman–Crippen MR) is 66.2 cm³/mol. The molecule has 0 fully saturated rings. The molecule has 1 heterocycles. The van der Waals surface area contributed by atoms with Gasteiger partial charge in [0.2, 0.25) is 5.13 Å². The Morgan fingerprint density at radius 1 is 1.18 bits per heavy atom. The Morgan fingerprint density at radius 2 is 1.88 bits per heavy atom. The van der Waals surface area contributed by atoms with Crippen LogP contribution in [0.4, 0.5) is 13.9 Å². The molecule has 1 aromatic carbocycles. The van der Waals surface area contributed by atoms with Gasteiger partial charge in [0.1, 0.15) is 11.6 Å². The maximum absolute atomic E-state index is 12.9. The van der Waals surface area contributed by atoms with Crippen molar-refractivity contribution in [3.05, 3.63) is 39.3 Å². The van der Waals surface area contributed by atoms with Crippen molar-refractivity contribution in [2.75, 3.05) is 11.9 Å². The zero-order chi connectivity index (χ0) is 12.3. The van der Waals surface area contributed by atoms with E-state index in [1.54, 1.807) is 0 Å². The lowest BCUT2D eigenvalue weighted by molar-refractivity contribution is 0.580. The lowest BCUT2D eigenvalue weighted by atomic mass is 10.1. The molecule has 0 spiro atoms. The van der Waals surface area contributed by atoms with E-state index in [2.05, 4.69) is 31.4 Å². The van der Waals surface area contributed by atoms with E-state index in [-0.39, 0.29) is 0 Å². The first-order chi connectivity index (χ1) is 8.13. The summed E-state index contributed by atoms with van der Waals surface area (Å²) < 4.78 is 26.5. The van der Waals surface area contributed by atoms with Crippen molar-refractivity contribution in [1.82, 2.24) is 10.2 Å². The lowest BCUT2D eigenvalue weighted by Gasteiger charge is -2.03. The topological polar surface area (TPSA) is 37.8 Å². The first-order valence-electron chi connectivity index (χ1n) is 4.81. The van der Waals surface area contributed by atoms with Gasteiger partial charge in [-0.05, 0) is 40.0 Å². The summed E-state index contributed by atoms with van der Waals surface area (Å²) in [4.78, 5) is 0. The van der Waals surface area contributed by atoms with Crippen LogP contribution in [-0.2, 0) is 6.42 Å². The smallest absolute Gasteiger partial charge is 0.206 e. The summed E-state index contributed by atoms with van der Waals surface area (Å²) >= 11 is 4.56. The highest BCUT2D eigenvalue weighted by molar-refractivity contribution is 9.11. The largest absolute Gasteiger partial charge is 0.360 e. The summed E-state index contributed by atoms with van der Waals surface area (Å²) in [5.74, 6) is -1.11. The monoisotopic (exact) mass is 319 g/mol. The fraction of sp³-hybridized carbons (Fsp3) is 0.200.